The lowest BCUT2D eigenvalue weighted by atomic mass is 10.0. The molecule has 0 atom stereocenters. The van der Waals surface area contributed by atoms with E-state index in [0.29, 0.717) is 34.9 Å². The summed E-state index contributed by atoms with van der Waals surface area (Å²) in [6.07, 6.45) is 0. The molecule has 0 radical (unpaired) electrons. The SMILES string of the molecule is c1ccc(-c2nc(-c3ccc4sc5ccccc5c4c3)nc(-c3cc(-n4c5ccccc5c5c6c7ccccc7n(-c7ccccc7)c6ccc54)cc4sc5ccccc5c34)n2)cc1.c1ccc(-c2nc(-c3cccc4oc5ccccc5c34)nc(-c3cc(-n4c5ccccc5c5c6sc7ccccc7c6ccc54)cc4sc5ccccc5c34)n2)cc1. The Kier molecular flexibility index (Phi) is 15.3. The zero-order chi connectivity index (χ0) is 79.8. The first-order valence-corrected chi connectivity index (χ1v) is 44.0. The average molecular weight is 1630 g/mol. The molecular formula is C108H61N9OS4. The van der Waals surface area contributed by atoms with Crippen LogP contribution in [-0.4, -0.2) is 43.6 Å². The Hall–Kier alpha value is -15.2. The molecule has 0 saturated carbocycles. The largest absolute Gasteiger partial charge is 0.456 e. The van der Waals surface area contributed by atoms with Crippen molar-refractivity contribution in [1.82, 2.24) is 43.6 Å². The number of aromatic nitrogens is 9. The molecule has 0 aliphatic heterocycles. The van der Waals surface area contributed by atoms with Crippen LogP contribution in [-0.2, 0) is 0 Å². The van der Waals surface area contributed by atoms with E-state index in [-0.39, 0.29) is 0 Å². The number of rotatable bonds is 9. The van der Waals surface area contributed by atoms with Gasteiger partial charge in [-0.05, 0) is 127 Å². The Labute approximate surface area is 711 Å². The summed E-state index contributed by atoms with van der Waals surface area (Å²) in [6, 6.07) is 132. The Bertz CT molecular complexity index is 9060. The van der Waals surface area contributed by atoms with Crippen molar-refractivity contribution in [2.45, 2.75) is 0 Å². The Morgan fingerprint density at radius 1 is 0.189 bits per heavy atom. The molecular weight excluding hydrogens is 1570 g/mol. The number of para-hydroxylation sites is 5. The lowest BCUT2D eigenvalue weighted by Crippen LogP contribution is -2.02. The van der Waals surface area contributed by atoms with E-state index in [1.165, 1.54) is 119 Å². The first kappa shape index (κ1) is 68.9. The maximum Gasteiger partial charge on any atom is 0.164 e. The van der Waals surface area contributed by atoms with Crippen LogP contribution < -0.4 is 0 Å². The Morgan fingerprint density at radius 3 is 1.14 bits per heavy atom. The van der Waals surface area contributed by atoms with Crippen molar-refractivity contribution in [3.05, 3.63) is 370 Å². The molecule has 0 amide bonds. The van der Waals surface area contributed by atoms with Crippen molar-refractivity contribution in [2.75, 3.05) is 0 Å². The van der Waals surface area contributed by atoms with Gasteiger partial charge in [-0.25, -0.2) is 29.9 Å². The van der Waals surface area contributed by atoms with Gasteiger partial charge in [-0.3, -0.25) is 0 Å². The summed E-state index contributed by atoms with van der Waals surface area (Å²) in [6.45, 7) is 0. The number of benzene rings is 17. The van der Waals surface area contributed by atoms with E-state index in [0.717, 1.165) is 99.7 Å². The summed E-state index contributed by atoms with van der Waals surface area (Å²) >= 11 is 7.32. The highest BCUT2D eigenvalue weighted by Crippen LogP contribution is 2.51. The zero-order valence-electron chi connectivity index (χ0n) is 64.8. The van der Waals surface area contributed by atoms with Crippen LogP contribution in [0.4, 0.5) is 0 Å². The molecule has 10 heterocycles. The molecule has 0 fully saturated rings. The highest BCUT2D eigenvalue weighted by molar-refractivity contribution is 7.27. The zero-order valence-corrected chi connectivity index (χ0v) is 68.1. The Morgan fingerprint density at radius 2 is 0.574 bits per heavy atom. The molecule has 0 bridgehead atoms. The van der Waals surface area contributed by atoms with E-state index >= 15 is 0 Å². The molecule has 27 aromatic rings. The van der Waals surface area contributed by atoms with Crippen LogP contribution >= 0.6 is 45.3 Å². The van der Waals surface area contributed by atoms with E-state index < -0.39 is 0 Å². The van der Waals surface area contributed by atoms with Gasteiger partial charge < -0.3 is 18.1 Å². The highest BCUT2D eigenvalue weighted by Gasteiger charge is 2.28. The number of hydrogen-bond donors (Lipinski definition) is 0. The van der Waals surface area contributed by atoms with E-state index in [4.69, 9.17) is 34.3 Å². The summed E-state index contributed by atoms with van der Waals surface area (Å²) in [5, 5.41) is 19.2. The molecule has 568 valence electrons. The minimum Gasteiger partial charge on any atom is -0.456 e. The van der Waals surface area contributed by atoms with Crippen LogP contribution in [0.5, 0.6) is 0 Å². The summed E-state index contributed by atoms with van der Waals surface area (Å²) < 4.78 is 23.5. The summed E-state index contributed by atoms with van der Waals surface area (Å²) in [5.74, 6) is 3.77. The van der Waals surface area contributed by atoms with Gasteiger partial charge in [-0.1, -0.05) is 243 Å². The molecule has 10 nitrogen and oxygen atoms in total. The number of hydrogen-bond acceptors (Lipinski definition) is 11. The maximum atomic E-state index is 6.34. The molecule has 0 aliphatic carbocycles. The van der Waals surface area contributed by atoms with Crippen molar-refractivity contribution in [2.24, 2.45) is 0 Å². The van der Waals surface area contributed by atoms with Gasteiger partial charge in [-0.2, -0.15) is 0 Å². The standard InChI is InChI=1S/C57H33N5S2.C51H28N4OS2/c1-3-15-34(16-4-1)55-58-56(35-27-30-50-42(31-35)38-19-9-13-25-48(38)63-50)60-57(59-55)43-32-37(33-51-52(43)41-22-10-14-26-49(41)64-51)62-45-24-12-8-21-40(45)54-47(62)29-28-46-53(54)39-20-7-11-23-44(39)61(46)36-17-5-2-6-18-36;1-2-13-29(14-3-1)49-52-50(36-19-12-22-41-45(36)34-17-5-9-21-40(34)56-41)54-51(53-49)37-27-30(28-44-46(37)35-18-7-11-24-43(35)57-44)55-38-20-8-4-16-33(38)47-39(55)26-25-32-31-15-6-10-23-42(31)58-48(32)47/h1-33H;1-28H. The monoisotopic (exact) mass is 1630 g/mol. The topological polar surface area (TPSA) is 105 Å². The third kappa shape index (κ3) is 10.6. The number of nitrogens with zero attached hydrogens (tertiary/aromatic N) is 9. The molecule has 14 heteroatoms. The average Bonchev–Trinajstić information content (AvgIpc) is 1.55. The molecule has 0 aliphatic rings. The first-order chi connectivity index (χ1) is 60.5. The molecule has 0 saturated heterocycles. The first-order valence-electron chi connectivity index (χ1n) is 40.7. The normalized spacial score (nSPS) is 12.1. The summed E-state index contributed by atoms with van der Waals surface area (Å²) in [5.41, 5.74) is 17.6. The van der Waals surface area contributed by atoms with Crippen LogP contribution in [0.3, 0.4) is 0 Å². The predicted molar refractivity (Wildman–Crippen MR) is 514 cm³/mol. The number of furan rings is 1. The van der Waals surface area contributed by atoms with Crippen LogP contribution in [0.15, 0.2) is 374 Å². The second-order valence-corrected chi connectivity index (χ2v) is 35.3. The third-order valence-electron chi connectivity index (χ3n) is 24.2. The fraction of sp³-hybridized carbons (Fsp3) is 0. The van der Waals surface area contributed by atoms with Crippen molar-refractivity contribution in [1.29, 1.82) is 0 Å². The van der Waals surface area contributed by atoms with Crippen LogP contribution in [0.1, 0.15) is 0 Å². The van der Waals surface area contributed by atoms with Gasteiger partial charge >= 0.3 is 0 Å². The van der Waals surface area contributed by atoms with Crippen molar-refractivity contribution < 1.29 is 4.42 Å². The lowest BCUT2D eigenvalue weighted by molar-refractivity contribution is 0.669. The molecule has 17 aromatic carbocycles. The fourth-order valence-electron chi connectivity index (χ4n) is 19.0. The van der Waals surface area contributed by atoms with E-state index in [9.17, 15) is 0 Å². The molecule has 27 rings (SSSR count). The van der Waals surface area contributed by atoms with Gasteiger partial charge in [0.05, 0.1) is 33.1 Å². The van der Waals surface area contributed by atoms with Crippen LogP contribution in [0.25, 0.3) is 253 Å². The molecule has 0 unspecified atom stereocenters. The minimum absolute atomic E-state index is 0.600. The maximum absolute atomic E-state index is 6.34. The van der Waals surface area contributed by atoms with Crippen molar-refractivity contribution >= 4 is 213 Å². The summed E-state index contributed by atoms with van der Waals surface area (Å²) in [4.78, 5) is 32.0. The van der Waals surface area contributed by atoms with Gasteiger partial charge in [0.2, 0.25) is 0 Å². The number of fused-ring (bicyclic) bond motifs is 26. The quantitative estimate of drug-likeness (QED) is 0.142. The predicted octanol–water partition coefficient (Wildman–Crippen LogP) is 30.4. The lowest BCUT2D eigenvalue weighted by Gasteiger charge is -2.13. The van der Waals surface area contributed by atoms with Gasteiger partial charge in [0, 0.05) is 174 Å². The van der Waals surface area contributed by atoms with E-state index in [1.807, 2.05) is 112 Å². The number of thiophene rings is 4. The second-order valence-electron chi connectivity index (χ2n) is 31.0. The molecule has 0 spiro atoms. The smallest absolute Gasteiger partial charge is 0.164 e. The highest BCUT2D eigenvalue weighted by atomic mass is 32.1. The van der Waals surface area contributed by atoms with Crippen molar-refractivity contribution in [3.8, 4) is 85.4 Å². The summed E-state index contributed by atoms with van der Waals surface area (Å²) in [7, 11) is 0. The van der Waals surface area contributed by atoms with Gasteiger partial charge in [0.25, 0.3) is 0 Å². The van der Waals surface area contributed by atoms with Gasteiger partial charge in [-0.15, -0.1) is 45.3 Å². The van der Waals surface area contributed by atoms with Gasteiger partial charge in [0.15, 0.2) is 34.9 Å². The minimum atomic E-state index is 0.600. The van der Waals surface area contributed by atoms with Gasteiger partial charge in [0.1, 0.15) is 11.2 Å². The molecule has 10 aromatic heterocycles. The van der Waals surface area contributed by atoms with Crippen molar-refractivity contribution in [3.63, 3.8) is 0 Å². The second kappa shape index (κ2) is 27.2. The van der Waals surface area contributed by atoms with Crippen LogP contribution in [0, 0.1) is 0 Å². The van der Waals surface area contributed by atoms with E-state index in [1.54, 1.807) is 0 Å². The van der Waals surface area contributed by atoms with Crippen LogP contribution in [0.2, 0.25) is 0 Å². The van der Waals surface area contributed by atoms with E-state index in [2.05, 4.69) is 317 Å². The molecule has 122 heavy (non-hydrogen) atoms. The third-order valence-corrected chi connectivity index (χ3v) is 28.8. The fourth-order valence-corrected chi connectivity index (χ4v) is 23.6. The molecule has 0 N–H and O–H groups in total. The Balaban J connectivity index is 0.000000132.